The zero-order chi connectivity index (χ0) is 13.9. The Morgan fingerprint density at radius 2 is 1.89 bits per heavy atom. The van der Waals surface area contributed by atoms with Crippen LogP contribution >= 0.6 is 0 Å². The average molecular weight is 250 g/mol. The summed E-state index contributed by atoms with van der Waals surface area (Å²) in [6.45, 7) is 6.36. The molecule has 100 valence electrons. The van der Waals surface area contributed by atoms with E-state index in [4.69, 9.17) is 4.74 Å². The van der Waals surface area contributed by atoms with Crippen molar-refractivity contribution >= 4 is 11.6 Å². The summed E-state index contributed by atoms with van der Waals surface area (Å²) < 4.78 is 5.37. The van der Waals surface area contributed by atoms with Gasteiger partial charge in [0.15, 0.2) is 0 Å². The number of aryl methyl sites for hydroxylation is 1. The molecule has 1 amide bonds. The van der Waals surface area contributed by atoms with Gasteiger partial charge in [-0.05, 0) is 43.5 Å². The number of nitrogens with zero attached hydrogens (tertiary/aromatic N) is 1. The molecule has 0 heterocycles. The molecule has 0 atom stereocenters. The molecule has 0 bridgehead atoms. The summed E-state index contributed by atoms with van der Waals surface area (Å²) in [4.78, 5) is 13.1. The minimum Gasteiger partial charge on any atom is -0.496 e. The first-order valence-corrected chi connectivity index (χ1v) is 5.97. The van der Waals surface area contributed by atoms with Gasteiger partial charge in [0.2, 0.25) is 5.91 Å². The third-order valence-corrected chi connectivity index (χ3v) is 3.16. The molecular weight excluding hydrogens is 228 g/mol. The summed E-state index contributed by atoms with van der Waals surface area (Å²) in [7, 11) is 5.18. The number of carbonyl (C=O) groups is 1. The lowest BCUT2D eigenvalue weighted by atomic mass is 10.0. The normalized spacial score (nSPS) is 10.1. The van der Waals surface area contributed by atoms with Gasteiger partial charge in [-0.3, -0.25) is 4.79 Å². The first-order valence-electron chi connectivity index (χ1n) is 5.97. The molecule has 0 unspecified atom stereocenters. The van der Waals surface area contributed by atoms with E-state index in [1.165, 1.54) is 0 Å². The van der Waals surface area contributed by atoms with Gasteiger partial charge in [-0.2, -0.15) is 0 Å². The van der Waals surface area contributed by atoms with Gasteiger partial charge >= 0.3 is 0 Å². The number of methoxy groups -OCH3 is 1. The standard InChI is InChI=1S/C14H22N2O2/c1-9-7-12(15-8-13(17)16(4)5)10(2)11(3)14(9)18-6/h7,15H,8H2,1-6H3. The van der Waals surface area contributed by atoms with E-state index < -0.39 is 0 Å². The summed E-state index contributed by atoms with van der Waals surface area (Å²) in [5.41, 5.74) is 4.28. The molecule has 18 heavy (non-hydrogen) atoms. The topological polar surface area (TPSA) is 41.6 Å². The quantitative estimate of drug-likeness (QED) is 0.890. The van der Waals surface area contributed by atoms with Crippen molar-refractivity contribution in [2.45, 2.75) is 20.8 Å². The van der Waals surface area contributed by atoms with Gasteiger partial charge in [0.25, 0.3) is 0 Å². The van der Waals surface area contributed by atoms with Gasteiger partial charge in [0.05, 0.1) is 13.7 Å². The van der Waals surface area contributed by atoms with Gasteiger partial charge in [-0.15, -0.1) is 0 Å². The SMILES string of the molecule is COc1c(C)cc(NCC(=O)N(C)C)c(C)c1C. The maximum Gasteiger partial charge on any atom is 0.241 e. The summed E-state index contributed by atoms with van der Waals surface area (Å²) in [6, 6.07) is 2.02. The maximum atomic E-state index is 11.6. The molecule has 0 spiro atoms. The number of anilines is 1. The second-order valence-electron chi connectivity index (χ2n) is 4.67. The number of hydrogen-bond acceptors (Lipinski definition) is 3. The first-order chi connectivity index (χ1) is 8.38. The van der Waals surface area contributed by atoms with E-state index >= 15 is 0 Å². The highest BCUT2D eigenvalue weighted by Gasteiger charge is 2.11. The molecule has 0 aliphatic rings. The van der Waals surface area contributed by atoms with Crippen LogP contribution in [0.5, 0.6) is 5.75 Å². The molecule has 4 nitrogen and oxygen atoms in total. The Bertz CT molecular complexity index is 454. The average Bonchev–Trinajstić information content (AvgIpc) is 2.32. The highest BCUT2D eigenvalue weighted by molar-refractivity contribution is 5.81. The van der Waals surface area contributed by atoms with E-state index in [1.54, 1.807) is 26.1 Å². The Balaban J connectivity index is 2.94. The van der Waals surface area contributed by atoms with Gasteiger partial charge in [-0.1, -0.05) is 0 Å². The van der Waals surface area contributed by atoms with Crippen molar-refractivity contribution in [2.24, 2.45) is 0 Å². The van der Waals surface area contributed by atoms with Crippen LogP contribution in [0.25, 0.3) is 0 Å². The van der Waals surface area contributed by atoms with Gasteiger partial charge in [0, 0.05) is 19.8 Å². The smallest absolute Gasteiger partial charge is 0.241 e. The van der Waals surface area contributed by atoms with Crippen molar-refractivity contribution in [3.8, 4) is 5.75 Å². The van der Waals surface area contributed by atoms with E-state index in [-0.39, 0.29) is 5.91 Å². The predicted molar refractivity (Wildman–Crippen MR) is 74.4 cm³/mol. The third kappa shape index (κ3) is 2.94. The monoisotopic (exact) mass is 250 g/mol. The Labute approximate surface area is 109 Å². The fraction of sp³-hybridized carbons (Fsp3) is 0.500. The number of nitrogens with one attached hydrogen (secondary N) is 1. The molecule has 1 aromatic carbocycles. The minimum absolute atomic E-state index is 0.0560. The zero-order valence-corrected chi connectivity index (χ0v) is 12.0. The van der Waals surface area contributed by atoms with Crippen LogP contribution in [0.4, 0.5) is 5.69 Å². The highest BCUT2D eigenvalue weighted by Crippen LogP contribution is 2.31. The molecular formula is C14H22N2O2. The second kappa shape index (κ2) is 5.76. The van der Waals surface area contributed by atoms with Crippen LogP contribution < -0.4 is 10.1 Å². The molecule has 0 aromatic heterocycles. The first kappa shape index (κ1) is 14.4. The van der Waals surface area contributed by atoms with Gasteiger partial charge in [-0.25, -0.2) is 0 Å². The molecule has 0 aliphatic carbocycles. The number of carbonyl (C=O) groups excluding carboxylic acids is 1. The van der Waals surface area contributed by atoms with Crippen molar-refractivity contribution < 1.29 is 9.53 Å². The van der Waals surface area contributed by atoms with Crippen LogP contribution in [-0.2, 0) is 4.79 Å². The van der Waals surface area contributed by atoms with E-state index in [0.29, 0.717) is 6.54 Å². The maximum absolute atomic E-state index is 11.6. The molecule has 1 N–H and O–H groups in total. The highest BCUT2D eigenvalue weighted by atomic mass is 16.5. The fourth-order valence-electron chi connectivity index (χ4n) is 1.89. The number of hydrogen-bond donors (Lipinski definition) is 1. The Hall–Kier alpha value is -1.71. The number of rotatable bonds is 4. The summed E-state index contributed by atoms with van der Waals surface area (Å²) in [5, 5.41) is 3.18. The van der Waals surface area contributed by atoms with Crippen molar-refractivity contribution in [3.63, 3.8) is 0 Å². The second-order valence-corrected chi connectivity index (χ2v) is 4.67. The van der Waals surface area contributed by atoms with Crippen LogP contribution in [-0.4, -0.2) is 38.6 Å². The lowest BCUT2D eigenvalue weighted by Crippen LogP contribution is -2.28. The van der Waals surface area contributed by atoms with E-state index in [9.17, 15) is 4.79 Å². The predicted octanol–water partition coefficient (Wildman–Crippen LogP) is 2.12. The Kier molecular flexibility index (Phi) is 4.59. The van der Waals surface area contributed by atoms with Crippen molar-refractivity contribution in [1.29, 1.82) is 0 Å². The summed E-state index contributed by atoms with van der Waals surface area (Å²) >= 11 is 0. The van der Waals surface area contributed by atoms with E-state index in [2.05, 4.69) is 5.32 Å². The number of benzene rings is 1. The van der Waals surface area contributed by atoms with Gasteiger partial charge in [0.1, 0.15) is 5.75 Å². The molecule has 0 aliphatic heterocycles. The molecule has 0 saturated heterocycles. The van der Waals surface area contributed by atoms with Crippen LogP contribution in [0.3, 0.4) is 0 Å². The fourth-order valence-corrected chi connectivity index (χ4v) is 1.89. The minimum atomic E-state index is 0.0560. The molecule has 1 aromatic rings. The van der Waals surface area contributed by atoms with Gasteiger partial charge < -0.3 is 15.0 Å². The Morgan fingerprint density at radius 1 is 1.28 bits per heavy atom. The third-order valence-electron chi connectivity index (χ3n) is 3.16. The zero-order valence-electron chi connectivity index (χ0n) is 12.0. The van der Waals surface area contributed by atoms with Crippen LogP contribution in [0.2, 0.25) is 0 Å². The van der Waals surface area contributed by atoms with E-state index in [0.717, 1.165) is 28.1 Å². The largest absolute Gasteiger partial charge is 0.496 e. The van der Waals surface area contributed by atoms with Crippen LogP contribution in [0, 0.1) is 20.8 Å². The lowest BCUT2D eigenvalue weighted by molar-refractivity contribution is -0.126. The van der Waals surface area contributed by atoms with Crippen molar-refractivity contribution in [3.05, 3.63) is 22.8 Å². The number of amides is 1. The number of likely N-dealkylation sites (N-methyl/N-ethyl adjacent to an activating group) is 1. The lowest BCUT2D eigenvalue weighted by Gasteiger charge is -2.17. The molecule has 0 radical (unpaired) electrons. The Morgan fingerprint density at radius 3 is 2.39 bits per heavy atom. The molecule has 1 rings (SSSR count). The molecule has 0 fully saturated rings. The van der Waals surface area contributed by atoms with Crippen LogP contribution in [0.15, 0.2) is 6.07 Å². The molecule has 4 heteroatoms. The van der Waals surface area contributed by atoms with Crippen molar-refractivity contribution in [1.82, 2.24) is 4.90 Å². The van der Waals surface area contributed by atoms with Crippen LogP contribution in [0.1, 0.15) is 16.7 Å². The van der Waals surface area contributed by atoms with E-state index in [1.807, 2.05) is 26.8 Å². The summed E-state index contributed by atoms with van der Waals surface area (Å²) in [5.74, 6) is 0.970. The summed E-state index contributed by atoms with van der Waals surface area (Å²) in [6.07, 6.45) is 0. The number of ether oxygens (including phenoxy) is 1. The molecule has 0 saturated carbocycles. The van der Waals surface area contributed by atoms with Crippen molar-refractivity contribution in [2.75, 3.05) is 33.1 Å².